The van der Waals surface area contributed by atoms with Crippen LogP contribution in [-0.2, 0) is 10.0 Å². The van der Waals surface area contributed by atoms with Crippen molar-refractivity contribution >= 4 is 21.6 Å². The minimum Gasteiger partial charge on any atom is -0.338 e. The molecule has 0 aromatic heterocycles. The summed E-state index contributed by atoms with van der Waals surface area (Å²) in [5.41, 5.74) is 1.70. The van der Waals surface area contributed by atoms with Crippen molar-refractivity contribution in [1.82, 2.24) is 4.90 Å². The molecule has 0 spiro atoms. The van der Waals surface area contributed by atoms with Crippen molar-refractivity contribution in [1.29, 1.82) is 0 Å². The van der Waals surface area contributed by atoms with Gasteiger partial charge in [-0.3, -0.25) is 9.52 Å². The maximum atomic E-state index is 12.8. The zero-order valence-electron chi connectivity index (χ0n) is 13.6. The van der Waals surface area contributed by atoms with Crippen LogP contribution in [0.2, 0.25) is 0 Å². The van der Waals surface area contributed by atoms with Crippen molar-refractivity contribution in [3.8, 4) is 0 Å². The monoisotopic (exact) mass is 324 g/mol. The van der Waals surface area contributed by atoms with E-state index in [9.17, 15) is 13.2 Å². The zero-order valence-corrected chi connectivity index (χ0v) is 14.4. The van der Waals surface area contributed by atoms with Gasteiger partial charge in [-0.15, -0.1) is 0 Å². The van der Waals surface area contributed by atoms with Crippen molar-refractivity contribution < 1.29 is 13.2 Å². The van der Waals surface area contributed by atoms with Gasteiger partial charge in [-0.2, -0.15) is 0 Å². The molecule has 2 atom stereocenters. The summed E-state index contributed by atoms with van der Waals surface area (Å²) in [4.78, 5) is 14.7. The molecule has 122 valence electrons. The molecule has 0 radical (unpaired) electrons. The highest BCUT2D eigenvalue weighted by Gasteiger charge is 2.27. The second-order valence-electron chi connectivity index (χ2n) is 6.58. The lowest BCUT2D eigenvalue weighted by Crippen LogP contribution is -2.42. The Bertz CT molecular complexity index is 660. The SMILES string of the molecule is Cc1ccc(NS(C)(=O)=O)c(C(=O)N2CC(C)CC(C)C2)c1. The van der Waals surface area contributed by atoms with Gasteiger partial charge in [0.2, 0.25) is 10.0 Å². The maximum Gasteiger partial charge on any atom is 0.256 e. The molecule has 0 bridgehead atoms. The van der Waals surface area contributed by atoms with E-state index in [1.807, 2.05) is 11.8 Å². The van der Waals surface area contributed by atoms with Crippen LogP contribution in [0.15, 0.2) is 18.2 Å². The second-order valence-corrected chi connectivity index (χ2v) is 8.33. The number of nitrogens with zero attached hydrogens (tertiary/aromatic N) is 1. The van der Waals surface area contributed by atoms with Gasteiger partial charge in [-0.25, -0.2) is 8.42 Å². The maximum absolute atomic E-state index is 12.8. The highest BCUT2D eigenvalue weighted by Crippen LogP contribution is 2.26. The lowest BCUT2D eigenvalue weighted by molar-refractivity contribution is 0.0624. The molecular weight excluding hydrogens is 300 g/mol. The number of piperidine rings is 1. The third-order valence-electron chi connectivity index (χ3n) is 3.86. The van der Waals surface area contributed by atoms with E-state index in [1.165, 1.54) is 0 Å². The number of hydrogen-bond acceptors (Lipinski definition) is 3. The fourth-order valence-electron chi connectivity index (χ4n) is 3.12. The molecular formula is C16H24N2O3S. The predicted molar refractivity (Wildman–Crippen MR) is 88.5 cm³/mol. The van der Waals surface area contributed by atoms with Gasteiger partial charge in [0, 0.05) is 13.1 Å². The molecule has 1 saturated heterocycles. The molecule has 0 aliphatic carbocycles. The van der Waals surface area contributed by atoms with Crippen LogP contribution in [0, 0.1) is 18.8 Å². The van der Waals surface area contributed by atoms with E-state index in [0.717, 1.165) is 31.3 Å². The van der Waals surface area contributed by atoms with Gasteiger partial charge in [-0.1, -0.05) is 25.5 Å². The topological polar surface area (TPSA) is 66.5 Å². The normalized spacial score (nSPS) is 22.5. The standard InChI is InChI=1S/C16H24N2O3S/c1-11-5-6-15(17-22(4,20)21)14(8-11)16(19)18-9-12(2)7-13(3)10-18/h5-6,8,12-13,17H,7,9-10H2,1-4H3. The van der Waals surface area contributed by atoms with Gasteiger partial charge >= 0.3 is 0 Å². The first kappa shape index (κ1) is 16.8. The Hall–Kier alpha value is -1.56. The number of carbonyl (C=O) groups is 1. The number of anilines is 1. The van der Waals surface area contributed by atoms with Crippen LogP contribution in [0.4, 0.5) is 5.69 Å². The molecule has 2 rings (SSSR count). The van der Waals surface area contributed by atoms with Crippen molar-refractivity contribution in [2.75, 3.05) is 24.1 Å². The van der Waals surface area contributed by atoms with Gasteiger partial charge in [0.1, 0.15) is 0 Å². The van der Waals surface area contributed by atoms with Crippen LogP contribution in [0.3, 0.4) is 0 Å². The molecule has 5 nitrogen and oxygen atoms in total. The molecule has 1 N–H and O–H groups in total. The summed E-state index contributed by atoms with van der Waals surface area (Å²) in [5, 5.41) is 0. The Balaban J connectivity index is 2.34. The van der Waals surface area contributed by atoms with Gasteiger partial charge in [0.05, 0.1) is 17.5 Å². The highest BCUT2D eigenvalue weighted by molar-refractivity contribution is 7.92. The minimum atomic E-state index is -3.42. The van der Waals surface area contributed by atoms with Gasteiger partial charge in [0.25, 0.3) is 5.91 Å². The summed E-state index contributed by atoms with van der Waals surface area (Å²) in [7, 11) is -3.42. The summed E-state index contributed by atoms with van der Waals surface area (Å²) in [6, 6.07) is 5.20. The Morgan fingerprint density at radius 3 is 2.36 bits per heavy atom. The fourth-order valence-corrected chi connectivity index (χ4v) is 3.70. The van der Waals surface area contributed by atoms with E-state index in [1.54, 1.807) is 18.2 Å². The molecule has 1 aromatic rings. The van der Waals surface area contributed by atoms with Gasteiger partial charge in [0.15, 0.2) is 0 Å². The molecule has 1 amide bonds. The van der Waals surface area contributed by atoms with Crippen molar-refractivity contribution in [2.24, 2.45) is 11.8 Å². The number of carbonyl (C=O) groups excluding carboxylic acids is 1. The third kappa shape index (κ3) is 4.22. The first-order valence-corrected chi connectivity index (χ1v) is 9.42. The van der Waals surface area contributed by atoms with E-state index in [2.05, 4.69) is 18.6 Å². The Kier molecular flexibility index (Phi) is 4.80. The molecule has 1 fully saturated rings. The molecule has 1 aliphatic heterocycles. The molecule has 1 aliphatic rings. The minimum absolute atomic E-state index is 0.103. The number of likely N-dealkylation sites (tertiary alicyclic amines) is 1. The highest BCUT2D eigenvalue weighted by atomic mass is 32.2. The predicted octanol–water partition coefficient (Wildman–Crippen LogP) is 2.48. The van der Waals surface area contributed by atoms with E-state index in [0.29, 0.717) is 23.1 Å². The van der Waals surface area contributed by atoms with Crippen LogP contribution >= 0.6 is 0 Å². The Morgan fingerprint density at radius 2 is 1.82 bits per heavy atom. The summed E-state index contributed by atoms with van der Waals surface area (Å²) >= 11 is 0. The average Bonchev–Trinajstić information content (AvgIpc) is 2.37. The van der Waals surface area contributed by atoms with Crippen molar-refractivity contribution in [3.05, 3.63) is 29.3 Å². The third-order valence-corrected chi connectivity index (χ3v) is 4.45. The molecule has 1 heterocycles. The number of nitrogens with one attached hydrogen (secondary N) is 1. The van der Waals surface area contributed by atoms with E-state index in [4.69, 9.17) is 0 Å². The second kappa shape index (κ2) is 6.28. The first-order chi connectivity index (χ1) is 10.2. The Labute approximate surface area is 132 Å². The van der Waals surface area contributed by atoms with E-state index in [-0.39, 0.29) is 5.91 Å². The number of amides is 1. The Morgan fingerprint density at radius 1 is 1.23 bits per heavy atom. The molecule has 2 unspecified atom stereocenters. The van der Waals surface area contributed by atoms with Crippen molar-refractivity contribution in [2.45, 2.75) is 27.2 Å². The first-order valence-electron chi connectivity index (χ1n) is 7.53. The molecule has 1 aromatic carbocycles. The number of rotatable bonds is 3. The lowest BCUT2D eigenvalue weighted by Gasteiger charge is -2.35. The smallest absolute Gasteiger partial charge is 0.256 e. The van der Waals surface area contributed by atoms with Gasteiger partial charge in [-0.05, 0) is 37.3 Å². The van der Waals surface area contributed by atoms with Crippen LogP contribution in [0.25, 0.3) is 0 Å². The van der Waals surface area contributed by atoms with E-state index < -0.39 is 10.0 Å². The van der Waals surface area contributed by atoms with E-state index >= 15 is 0 Å². The molecule has 6 heteroatoms. The number of sulfonamides is 1. The number of benzene rings is 1. The summed E-state index contributed by atoms with van der Waals surface area (Å²) in [5.74, 6) is 0.820. The number of aryl methyl sites for hydroxylation is 1. The average molecular weight is 324 g/mol. The fraction of sp³-hybridized carbons (Fsp3) is 0.562. The summed E-state index contributed by atoms with van der Waals surface area (Å²) < 4.78 is 25.5. The van der Waals surface area contributed by atoms with Crippen LogP contribution in [0.1, 0.15) is 36.2 Å². The van der Waals surface area contributed by atoms with Crippen LogP contribution in [0.5, 0.6) is 0 Å². The molecule has 0 saturated carbocycles. The summed E-state index contributed by atoms with van der Waals surface area (Å²) in [6.07, 6.45) is 2.21. The van der Waals surface area contributed by atoms with Crippen LogP contribution < -0.4 is 4.72 Å². The largest absolute Gasteiger partial charge is 0.338 e. The zero-order chi connectivity index (χ0) is 16.5. The number of hydrogen-bond donors (Lipinski definition) is 1. The van der Waals surface area contributed by atoms with Crippen molar-refractivity contribution in [3.63, 3.8) is 0 Å². The molecule has 22 heavy (non-hydrogen) atoms. The quantitative estimate of drug-likeness (QED) is 0.929. The van der Waals surface area contributed by atoms with Crippen LogP contribution in [-0.4, -0.2) is 38.6 Å². The summed E-state index contributed by atoms with van der Waals surface area (Å²) in [6.45, 7) is 7.61. The van der Waals surface area contributed by atoms with Gasteiger partial charge < -0.3 is 4.90 Å². The lowest BCUT2D eigenvalue weighted by atomic mass is 9.91.